The van der Waals surface area contributed by atoms with E-state index < -0.39 is 27.0 Å². The number of aliphatic hydroxyl groups excluding tert-OH is 1. The van der Waals surface area contributed by atoms with Crippen molar-refractivity contribution >= 4 is 26.5 Å². The standard InChI is InChI=1S/C23H26N2O6S/c1-23(21(27)13-26,32(3,29)30)10-11-25-15-24-20-12-18(8-9-19(20)22(25)28)17-6-4-16(5-7-17)14-31-2/h4-9,12,15,26H,10-11,13-14H2,1-3H3/t23-/m1/s1. The van der Waals surface area contributed by atoms with Crippen molar-refractivity contribution in [1.29, 1.82) is 0 Å². The number of nitrogens with zero attached hydrogens (tertiary/aromatic N) is 2. The van der Waals surface area contributed by atoms with Crippen LogP contribution in [-0.4, -0.2) is 53.6 Å². The summed E-state index contributed by atoms with van der Waals surface area (Å²) in [6.07, 6.45) is 2.15. The Morgan fingerprint density at radius 1 is 1.16 bits per heavy atom. The van der Waals surface area contributed by atoms with Crippen LogP contribution in [0.2, 0.25) is 0 Å². The highest BCUT2D eigenvalue weighted by Gasteiger charge is 2.42. The molecule has 3 aromatic rings. The van der Waals surface area contributed by atoms with Gasteiger partial charge in [0, 0.05) is 19.9 Å². The molecule has 170 valence electrons. The number of aryl methyl sites for hydroxylation is 1. The summed E-state index contributed by atoms with van der Waals surface area (Å²) < 4.78 is 28.9. The second-order valence-electron chi connectivity index (χ2n) is 7.94. The second-order valence-corrected chi connectivity index (χ2v) is 10.4. The fourth-order valence-corrected chi connectivity index (χ4v) is 4.43. The Bertz CT molecular complexity index is 1300. The topological polar surface area (TPSA) is 116 Å². The van der Waals surface area contributed by atoms with Crippen LogP contribution >= 0.6 is 0 Å². The highest BCUT2D eigenvalue weighted by atomic mass is 32.2. The van der Waals surface area contributed by atoms with Crippen molar-refractivity contribution in [2.45, 2.75) is 31.2 Å². The van der Waals surface area contributed by atoms with Gasteiger partial charge >= 0.3 is 0 Å². The third-order valence-corrected chi connectivity index (χ3v) is 7.87. The minimum absolute atomic E-state index is 0.0280. The molecule has 0 aliphatic rings. The van der Waals surface area contributed by atoms with E-state index in [0.29, 0.717) is 17.5 Å². The van der Waals surface area contributed by atoms with Gasteiger partial charge in [-0.3, -0.25) is 14.2 Å². The van der Waals surface area contributed by atoms with Crippen molar-refractivity contribution in [3.63, 3.8) is 0 Å². The van der Waals surface area contributed by atoms with Gasteiger partial charge in [-0.05, 0) is 42.2 Å². The first-order valence-corrected chi connectivity index (χ1v) is 11.9. The Hall–Kier alpha value is -2.88. The summed E-state index contributed by atoms with van der Waals surface area (Å²) in [6.45, 7) is 0.884. The van der Waals surface area contributed by atoms with Gasteiger partial charge in [-0.15, -0.1) is 0 Å². The van der Waals surface area contributed by atoms with Crippen LogP contribution in [-0.2, 0) is 32.5 Å². The Morgan fingerprint density at radius 3 is 2.41 bits per heavy atom. The Morgan fingerprint density at radius 2 is 1.81 bits per heavy atom. The first-order chi connectivity index (χ1) is 15.1. The SMILES string of the molecule is COCc1ccc(-c2ccc3c(=O)n(CC[C@](C)(C(=O)CO)S(C)(=O)=O)cnc3c2)cc1. The van der Waals surface area contributed by atoms with E-state index in [1.54, 1.807) is 13.2 Å². The maximum Gasteiger partial charge on any atom is 0.261 e. The molecule has 32 heavy (non-hydrogen) atoms. The average Bonchev–Trinajstić information content (AvgIpc) is 2.77. The van der Waals surface area contributed by atoms with Gasteiger partial charge < -0.3 is 9.84 Å². The number of aromatic nitrogens is 2. The smallest absolute Gasteiger partial charge is 0.261 e. The van der Waals surface area contributed by atoms with E-state index in [-0.39, 0.29) is 18.5 Å². The third kappa shape index (κ3) is 4.64. The molecule has 1 aromatic heterocycles. The zero-order chi connectivity index (χ0) is 23.5. The summed E-state index contributed by atoms with van der Waals surface area (Å²) in [7, 11) is -2.16. The fourth-order valence-electron chi connectivity index (χ4n) is 3.49. The Balaban J connectivity index is 1.90. The van der Waals surface area contributed by atoms with Crippen LogP contribution in [0.3, 0.4) is 0 Å². The lowest BCUT2D eigenvalue weighted by Gasteiger charge is -2.25. The molecule has 0 aliphatic carbocycles. The number of fused-ring (bicyclic) bond motifs is 1. The largest absolute Gasteiger partial charge is 0.389 e. The van der Waals surface area contributed by atoms with Crippen LogP contribution in [0.25, 0.3) is 22.0 Å². The predicted octanol–water partition coefficient (Wildman–Crippen LogP) is 1.96. The third-order valence-electron chi connectivity index (χ3n) is 5.81. The molecule has 0 saturated heterocycles. The molecule has 0 fully saturated rings. The number of carbonyl (C=O) groups is 1. The van der Waals surface area contributed by atoms with Gasteiger partial charge in [0.25, 0.3) is 5.56 Å². The van der Waals surface area contributed by atoms with Crippen molar-refractivity contribution in [2.75, 3.05) is 20.0 Å². The molecule has 0 saturated carbocycles. The van der Waals surface area contributed by atoms with Gasteiger partial charge in [-0.25, -0.2) is 13.4 Å². The summed E-state index contributed by atoms with van der Waals surface area (Å²) >= 11 is 0. The van der Waals surface area contributed by atoms with E-state index in [1.807, 2.05) is 36.4 Å². The molecule has 1 heterocycles. The normalized spacial score (nSPS) is 13.8. The monoisotopic (exact) mass is 458 g/mol. The summed E-state index contributed by atoms with van der Waals surface area (Å²) in [5, 5.41) is 9.58. The van der Waals surface area contributed by atoms with E-state index in [0.717, 1.165) is 22.9 Å². The lowest BCUT2D eigenvalue weighted by atomic mass is 10.0. The van der Waals surface area contributed by atoms with Crippen LogP contribution in [0.5, 0.6) is 0 Å². The maximum atomic E-state index is 12.9. The van der Waals surface area contributed by atoms with E-state index in [4.69, 9.17) is 4.74 Å². The first kappa shape index (κ1) is 23.8. The number of aliphatic hydroxyl groups is 1. The highest BCUT2D eigenvalue weighted by Crippen LogP contribution is 2.24. The minimum Gasteiger partial charge on any atom is -0.389 e. The number of hydrogen-bond acceptors (Lipinski definition) is 7. The quantitative estimate of drug-likeness (QED) is 0.521. The molecule has 3 rings (SSSR count). The van der Waals surface area contributed by atoms with E-state index in [2.05, 4.69) is 4.98 Å². The van der Waals surface area contributed by atoms with E-state index in [1.165, 1.54) is 17.8 Å². The summed E-state index contributed by atoms with van der Waals surface area (Å²) in [5.74, 6) is -0.803. The molecule has 0 amide bonds. The number of carbonyl (C=O) groups excluding carboxylic acids is 1. The van der Waals surface area contributed by atoms with Crippen molar-refractivity contribution in [3.05, 3.63) is 64.7 Å². The van der Waals surface area contributed by atoms with Crippen LogP contribution in [0.1, 0.15) is 18.9 Å². The maximum absolute atomic E-state index is 12.9. The number of sulfone groups is 1. The second kappa shape index (κ2) is 9.32. The van der Waals surface area contributed by atoms with Crippen LogP contribution in [0.4, 0.5) is 0 Å². The minimum atomic E-state index is -3.80. The van der Waals surface area contributed by atoms with Gasteiger partial charge in [0.1, 0.15) is 11.4 Å². The van der Waals surface area contributed by atoms with Crippen LogP contribution in [0, 0.1) is 0 Å². The highest BCUT2D eigenvalue weighted by molar-refractivity contribution is 7.92. The van der Waals surface area contributed by atoms with E-state index >= 15 is 0 Å². The predicted molar refractivity (Wildman–Crippen MR) is 122 cm³/mol. The van der Waals surface area contributed by atoms with Gasteiger partial charge in [0.2, 0.25) is 0 Å². The van der Waals surface area contributed by atoms with Crippen molar-refractivity contribution in [1.82, 2.24) is 9.55 Å². The zero-order valence-electron chi connectivity index (χ0n) is 18.2. The number of hydrogen-bond donors (Lipinski definition) is 1. The summed E-state index contributed by atoms with van der Waals surface area (Å²) in [4.78, 5) is 29.4. The summed E-state index contributed by atoms with van der Waals surface area (Å²) in [5.41, 5.74) is 3.12. The molecule has 1 atom stereocenters. The average molecular weight is 459 g/mol. The van der Waals surface area contributed by atoms with Crippen molar-refractivity contribution in [2.24, 2.45) is 0 Å². The summed E-state index contributed by atoms with van der Waals surface area (Å²) in [6, 6.07) is 13.2. The molecular formula is C23H26N2O6S. The van der Waals surface area contributed by atoms with Crippen LogP contribution < -0.4 is 5.56 Å². The van der Waals surface area contributed by atoms with Gasteiger partial charge in [-0.1, -0.05) is 30.3 Å². The molecule has 9 heteroatoms. The number of ether oxygens (including phenoxy) is 1. The number of Topliss-reactive ketones (excluding diaryl/α,β-unsaturated/α-hetero) is 1. The molecule has 0 spiro atoms. The molecule has 0 radical (unpaired) electrons. The molecule has 2 aromatic carbocycles. The fraction of sp³-hybridized carbons (Fsp3) is 0.348. The van der Waals surface area contributed by atoms with Gasteiger partial charge in [-0.2, -0.15) is 0 Å². The molecule has 0 aliphatic heterocycles. The molecule has 8 nitrogen and oxygen atoms in total. The first-order valence-electron chi connectivity index (χ1n) is 10.0. The number of benzene rings is 2. The molecule has 0 bridgehead atoms. The Kier molecular flexibility index (Phi) is 6.92. The molecule has 1 N–H and O–H groups in total. The van der Waals surface area contributed by atoms with Crippen LogP contribution in [0.15, 0.2) is 53.6 Å². The van der Waals surface area contributed by atoms with Gasteiger partial charge in [0.15, 0.2) is 15.6 Å². The number of rotatable bonds is 9. The molecular weight excluding hydrogens is 432 g/mol. The van der Waals surface area contributed by atoms with E-state index in [9.17, 15) is 23.1 Å². The zero-order valence-corrected chi connectivity index (χ0v) is 19.1. The number of ketones is 1. The lowest BCUT2D eigenvalue weighted by molar-refractivity contribution is -0.124. The number of methoxy groups -OCH3 is 1. The lowest BCUT2D eigenvalue weighted by Crippen LogP contribution is -2.46. The van der Waals surface area contributed by atoms with Gasteiger partial charge in [0.05, 0.1) is 23.8 Å². The van der Waals surface area contributed by atoms with Crippen molar-refractivity contribution in [3.8, 4) is 11.1 Å². The van der Waals surface area contributed by atoms with Crippen molar-refractivity contribution < 1.29 is 23.1 Å². The molecule has 0 unspecified atom stereocenters. The Labute approximate surface area is 186 Å².